The van der Waals surface area contributed by atoms with Gasteiger partial charge in [0.15, 0.2) is 11.5 Å². The summed E-state index contributed by atoms with van der Waals surface area (Å²) in [5.41, 5.74) is 4.84. The van der Waals surface area contributed by atoms with Gasteiger partial charge in [-0.3, -0.25) is 19.4 Å². The van der Waals surface area contributed by atoms with Gasteiger partial charge in [0.2, 0.25) is 5.91 Å². The number of hydrogen-bond donors (Lipinski definition) is 2. The van der Waals surface area contributed by atoms with Crippen LogP contribution in [0.3, 0.4) is 0 Å². The van der Waals surface area contributed by atoms with E-state index in [1.54, 1.807) is 66.2 Å². The number of ether oxygens (including phenoxy) is 3. The van der Waals surface area contributed by atoms with Crippen molar-refractivity contribution in [3.8, 4) is 22.6 Å². The minimum Gasteiger partial charge on any atom is -0.493 e. The van der Waals surface area contributed by atoms with Crippen LogP contribution in [0.15, 0.2) is 77.9 Å². The smallest absolute Gasteiger partial charge is 0.354 e. The van der Waals surface area contributed by atoms with Crippen LogP contribution in [0.25, 0.3) is 11.1 Å². The number of esters is 1. The van der Waals surface area contributed by atoms with Gasteiger partial charge in [-0.1, -0.05) is 12.1 Å². The number of carbonyl (C=O) groups excluding carboxylic acids is 4. The zero-order chi connectivity index (χ0) is 35.2. The Morgan fingerprint density at radius 2 is 1.64 bits per heavy atom. The lowest BCUT2D eigenvalue weighted by molar-refractivity contribution is -0.116. The van der Waals surface area contributed by atoms with E-state index in [4.69, 9.17) is 14.2 Å². The molecule has 3 amide bonds. The van der Waals surface area contributed by atoms with Crippen molar-refractivity contribution >= 4 is 47.0 Å². The van der Waals surface area contributed by atoms with E-state index < -0.39 is 5.97 Å². The van der Waals surface area contributed by atoms with E-state index >= 15 is 0 Å². The second-order valence-corrected chi connectivity index (χ2v) is 12.2. The zero-order valence-electron chi connectivity index (χ0n) is 28.2. The molecular formula is C38H39N5O7. The Labute approximate surface area is 290 Å². The summed E-state index contributed by atoms with van der Waals surface area (Å²) in [5.74, 6) is -0.0419. The highest BCUT2D eigenvalue weighted by Crippen LogP contribution is 2.38. The molecule has 50 heavy (non-hydrogen) atoms. The number of anilines is 2. The molecule has 3 aromatic carbocycles. The van der Waals surface area contributed by atoms with Gasteiger partial charge in [-0.25, -0.2) is 4.79 Å². The van der Waals surface area contributed by atoms with E-state index in [1.165, 1.54) is 14.2 Å². The number of nitrogens with zero attached hydrogens (tertiary/aromatic N) is 3. The molecule has 0 spiro atoms. The van der Waals surface area contributed by atoms with Gasteiger partial charge < -0.3 is 34.3 Å². The van der Waals surface area contributed by atoms with Gasteiger partial charge in [0.1, 0.15) is 5.69 Å². The second-order valence-electron chi connectivity index (χ2n) is 12.2. The zero-order valence-corrected chi connectivity index (χ0v) is 28.2. The van der Waals surface area contributed by atoms with E-state index in [0.717, 1.165) is 30.4 Å². The lowest BCUT2D eigenvalue weighted by atomic mass is 10.0. The number of methoxy groups -OCH3 is 2. The van der Waals surface area contributed by atoms with E-state index in [2.05, 4.69) is 15.6 Å². The average molecular weight is 678 g/mol. The number of piperidine rings is 1. The molecule has 12 nitrogen and oxygen atoms in total. The van der Waals surface area contributed by atoms with E-state index in [-0.39, 0.29) is 36.8 Å². The Balaban J connectivity index is 0.975. The number of aromatic nitrogens is 1. The molecule has 3 heterocycles. The number of aryl methyl sites for hydroxylation is 1. The van der Waals surface area contributed by atoms with Crippen LogP contribution in [0.2, 0.25) is 0 Å². The Bertz CT molecular complexity index is 1930. The second kappa shape index (κ2) is 15.1. The van der Waals surface area contributed by atoms with Crippen LogP contribution >= 0.6 is 0 Å². The van der Waals surface area contributed by atoms with Gasteiger partial charge in [-0.15, -0.1) is 0 Å². The molecule has 6 rings (SSSR count). The third-order valence-electron chi connectivity index (χ3n) is 8.82. The lowest BCUT2D eigenvalue weighted by Gasteiger charge is -2.32. The first-order valence-electron chi connectivity index (χ1n) is 16.5. The first-order valence-corrected chi connectivity index (χ1v) is 16.5. The standard InChI is InChI=1S/C38H39N5O7/c1-42-23-26(19-32(42)38(47)49-3)24-9-13-28(14-10-24)41-36(45)25-11-15-27(16-12-25)40-35(44)8-6-18-50-34-21-31-30(20-33(34)48-2)37(46)43-17-5-4-7-29(43)22-39-31/h9-16,19-23,29H,4-8,17-18H2,1-3H3,(H,40,44)(H,41,45)/t29-/m0/s1. The molecule has 1 atom stereocenters. The van der Waals surface area contributed by atoms with Crippen LogP contribution in [0.1, 0.15) is 63.3 Å². The first-order chi connectivity index (χ1) is 24.2. The maximum atomic E-state index is 13.2. The molecule has 12 heteroatoms. The maximum absolute atomic E-state index is 13.2. The number of aliphatic imine (C=N–C) groups is 1. The molecule has 1 saturated heterocycles. The molecule has 4 aromatic rings. The first kappa shape index (κ1) is 34.0. The van der Waals surface area contributed by atoms with E-state index in [1.807, 2.05) is 29.4 Å². The maximum Gasteiger partial charge on any atom is 0.354 e. The summed E-state index contributed by atoms with van der Waals surface area (Å²) in [6.45, 7) is 0.973. The minimum absolute atomic E-state index is 0.00175. The predicted octanol–water partition coefficient (Wildman–Crippen LogP) is 6.25. The van der Waals surface area contributed by atoms with Crippen molar-refractivity contribution in [2.75, 3.05) is 38.0 Å². The van der Waals surface area contributed by atoms with Crippen molar-refractivity contribution in [2.45, 2.75) is 38.1 Å². The number of benzene rings is 3. The summed E-state index contributed by atoms with van der Waals surface area (Å²) in [4.78, 5) is 57.1. The molecule has 2 aliphatic rings. The summed E-state index contributed by atoms with van der Waals surface area (Å²) >= 11 is 0. The Kier molecular flexibility index (Phi) is 10.3. The van der Waals surface area contributed by atoms with Crippen molar-refractivity contribution in [1.29, 1.82) is 0 Å². The topological polar surface area (TPSA) is 141 Å². The molecule has 1 fully saturated rings. The summed E-state index contributed by atoms with van der Waals surface area (Å²) in [6, 6.07) is 19.1. The highest BCUT2D eigenvalue weighted by atomic mass is 16.5. The average Bonchev–Trinajstić information content (AvgIpc) is 3.47. The van der Waals surface area contributed by atoms with Gasteiger partial charge >= 0.3 is 5.97 Å². The molecule has 0 aliphatic carbocycles. The number of amides is 3. The van der Waals surface area contributed by atoms with Crippen molar-refractivity contribution in [3.63, 3.8) is 0 Å². The fourth-order valence-electron chi connectivity index (χ4n) is 6.11. The molecule has 2 N–H and O–H groups in total. The normalized spacial score (nSPS) is 15.0. The van der Waals surface area contributed by atoms with Crippen LogP contribution in [0.5, 0.6) is 11.5 Å². The summed E-state index contributed by atoms with van der Waals surface area (Å²) < 4.78 is 18.0. The summed E-state index contributed by atoms with van der Waals surface area (Å²) in [7, 11) is 4.65. The fraction of sp³-hybridized carbons (Fsp3) is 0.289. The van der Waals surface area contributed by atoms with Crippen LogP contribution in [-0.2, 0) is 16.6 Å². The molecule has 0 bridgehead atoms. The van der Waals surface area contributed by atoms with Gasteiger partial charge in [0, 0.05) is 61.0 Å². The highest BCUT2D eigenvalue weighted by Gasteiger charge is 2.31. The minimum atomic E-state index is -0.413. The van der Waals surface area contributed by atoms with Crippen molar-refractivity contribution < 1.29 is 33.4 Å². The molecule has 0 radical (unpaired) electrons. The third-order valence-corrected chi connectivity index (χ3v) is 8.82. The van der Waals surface area contributed by atoms with Gasteiger partial charge in [0.05, 0.1) is 38.1 Å². The van der Waals surface area contributed by atoms with Gasteiger partial charge in [-0.2, -0.15) is 0 Å². The SMILES string of the molecule is COC(=O)c1cc(-c2ccc(NC(=O)c3ccc(NC(=O)CCCOc4cc5c(cc4OC)C(=O)N4CCCC[C@H]4C=N5)cc3)cc2)cn1C. The number of fused-ring (bicyclic) bond motifs is 2. The largest absolute Gasteiger partial charge is 0.493 e. The van der Waals surface area contributed by atoms with E-state index in [9.17, 15) is 19.2 Å². The Morgan fingerprint density at radius 3 is 2.38 bits per heavy atom. The monoisotopic (exact) mass is 677 g/mol. The fourth-order valence-corrected chi connectivity index (χ4v) is 6.11. The number of rotatable bonds is 11. The molecule has 2 aliphatic heterocycles. The Morgan fingerprint density at radius 1 is 0.900 bits per heavy atom. The van der Waals surface area contributed by atoms with Crippen molar-refractivity contribution in [3.05, 3.63) is 89.7 Å². The van der Waals surface area contributed by atoms with Gasteiger partial charge in [0.25, 0.3) is 11.8 Å². The van der Waals surface area contributed by atoms with E-state index in [0.29, 0.717) is 58.3 Å². The molecule has 0 saturated carbocycles. The van der Waals surface area contributed by atoms with Crippen LogP contribution in [-0.4, -0.2) is 72.8 Å². The van der Waals surface area contributed by atoms with Crippen LogP contribution < -0.4 is 20.1 Å². The van der Waals surface area contributed by atoms with Gasteiger partial charge in [-0.05, 0) is 79.8 Å². The molecular weight excluding hydrogens is 638 g/mol. The van der Waals surface area contributed by atoms with Crippen molar-refractivity contribution in [2.24, 2.45) is 12.0 Å². The summed E-state index contributed by atoms with van der Waals surface area (Å²) in [5, 5.41) is 5.73. The van der Waals surface area contributed by atoms with Crippen LogP contribution in [0, 0.1) is 0 Å². The Hall–Kier alpha value is -5.91. The number of carbonyl (C=O) groups is 4. The molecule has 1 aromatic heterocycles. The quantitative estimate of drug-likeness (QED) is 0.141. The lowest BCUT2D eigenvalue weighted by Crippen LogP contribution is -2.43. The summed E-state index contributed by atoms with van der Waals surface area (Å²) in [6.07, 6.45) is 7.30. The predicted molar refractivity (Wildman–Crippen MR) is 190 cm³/mol. The molecule has 0 unspecified atom stereocenters. The number of nitrogens with one attached hydrogen (secondary N) is 2. The highest BCUT2D eigenvalue weighted by molar-refractivity contribution is 6.05. The van der Waals surface area contributed by atoms with Crippen LogP contribution in [0.4, 0.5) is 17.1 Å². The molecule has 258 valence electrons. The third kappa shape index (κ3) is 7.54. The number of hydrogen-bond acceptors (Lipinski definition) is 8. The van der Waals surface area contributed by atoms with Crippen molar-refractivity contribution in [1.82, 2.24) is 9.47 Å².